The van der Waals surface area contributed by atoms with Gasteiger partial charge in [0.15, 0.2) is 0 Å². The molecule has 160 valence electrons. The molecular weight excluding hydrogens is 446 g/mol. The fourth-order valence-electron chi connectivity index (χ4n) is 3.65. The number of methoxy groups -OCH3 is 1. The summed E-state index contributed by atoms with van der Waals surface area (Å²) in [7, 11) is 1.59. The highest BCUT2D eigenvalue weighted by Crippen LogP contribution is 2.32. The highest BCUT2D eigenvalue weighted by molar-refractivity contribution is 9.10. The lowest BCUT2D eigenvalue weighted by atomic mass is 10.0. The first-order chi connectivity index (χ1) is 14.5. The number of hydrogen-bond donors (Lipinski definition) is 2. The molecule has 7 heteroatoms. The first-order valence-electron chi connectivity index (χ1n) is 10.2. The van der Waals surface area contributed by atoms with Crippen LogP contribution in [0.5, 0.6) is 5.75 Å². The minimum Gasteiger partial charge on any atom is -0.495 e. The third-order valence-electron chi connectivity index (χ3n) is 5.35. The quantitative estimate of drug-likeness (QED) is 0.647. The van der Waals surface area contributed by atoms with Gasteiger partial charge in [0.2, 0.25) is 5.91 Å². The Labute approximate surface area is 186 Å². The van der Waals surface area contributed by atoms with Crippen LogP contribution in [0, 0.1) is 6.92 Å². The van der Waals surface area contributed by atoms with E-state index in [1.165, 1.54) is 0 Å². The molecular formula is C23H28BrN3O3. The number of likely N-dealkylation sites (tertiary alicyclic amines) is 1. The SMILES string of the molecule is COc1cc(Br)cc(C)c1NC(=O)N1CCC(NC(=O)CCc2ccccc2)CC1. The Kier molecular flexibility index (Phi) is 7.74. The zero-order valence-corrected chi connectivity index (χ0v) is 19.0. The van der Waals surface area contributed by atoms with Gasteiger partial charge in [-0.2, -0.15) is 0 Å². The van der Waals surface area contributed by atoms with Crippen molar-refractivity contribution < 1.29 is 14.3 Å². The molecule has 1 heterocycles. The third kappa shape index (κ3) is 5.98. The van der Waals surface area contributed by atoms with Gasteiger partial charge < -0.3 is 20.3 Å². The van der Waals surface area contributed by atoms with Gasteiger partial charge in [-0.1, -0.05) is 46.3 Å². The van der Waals surface area contributed by atoms with Crippen LogP contribution in [0.4, 0.5) is 10.5 Å². The Hall–Kier alpha value is -2.54. The van der Waals surface area contributed by atoms with Crippen molar-refractivity contribution in [1.82, 2.24) is 10.2 Å². The minimum atomic E-state index is -0.146. The van der Waals surface area contributed by atoms with Gasteiger partial charge in [0.05, 0.1) is 12.8 Å². The van der Waals surface area contributed by atoms with Gasteiger partial charge in [-0.05, 0) is 49.4 Å². The van der Waals surface area contributed by atoms with E-state index in [1.54, 1.807) is 12.0 Å². The number of rotatable bonds is 6. The Morgan fingerprint density at radius 3 is 2.53 bits per heavy atom. The summed E-state index contributed by atoms with van der Waals surface area (Å²) in [6.45, 7) is 3.14. The molecule has 3 rings (SSSR count). The van der Waals surface area contributed by atoms with Crippen molar-refractivity contribution in [1.29, 1.82) is 0 Å². The monoisotopic (exact) mass is 473 g/mol. The topological polar surface area (TPSA) is 70.7 Å². The molecule has 0 atom stereocenters. The van der Waals surface area contributed by atoms with E-state index >= 15 is 0 Å². The summed E-state index contributed by atoms with van der Waals surface area (Å²) in [5.41, 5.74) is 2.77. The van der Waals surface area contributed by atoms with Crippen molar-refractivity contribution in [2.45, 2.75) is 38.6 Å². The van der Waals surface area contributed by atoms with Crippen LogP contribution in [-0.4, -0.2) is 43.1 Å². The average molecular weight is 474 g/mol. The fourth-order valence-corrected chi connectivity index (χ4v) is 4.20. The highest BCUT2D eigenvalue weighted by atomic mass is 79.9. The molecule has 1 aliphatic rings. The molecule has 0 aromatic heterocycles. The van der Waals surface area contributed by atoms with Crippen LogP contribution in [0.25, 0.3) is 0 Å². The van der Waals surface area contributed by atoms with E-state index in [4.69, 9.17) is 4.74 Å². The predicted molar refractivity (Wildman–Crippen MR) is 122 cm³/mol. The Morgan fingerprint density at radius 1 is 1.17 bits per heavy atom. The number of amides is 3. The van der Waals surface area contributed by atoms with Gasteiger partial charge in [-0.25, -0.2) is 4.79 Å². The van der Waals surface area contributed by atoms with Crippen LogP contribution in [0.2, 0.25) is 0 Å². The van der Waals surface area contributed by atoms with Crippen LogP contribution in [0.3, 0.4) is 0 Å². The number of carbonyl (C=O) groups excluding carboxylic acids is 2. The van der Waals surface area contributed by atoms with Crippen LogP contribution in [0.15, 0.2) is 46.9 Å². The molecule has 2 N–H and O–H groups in total. The molecule has 0 unspecified atom stereocenters. The number of aryl methyl sites for hydroxylation is 2. The summed E-state index contributed by atoms with van der Waals surface area (Å²) in [5, 5.41) is 6.08. The molecule has 1 fully saturated rings. The smallest absolute Gasteiger partial charge is 0.321 e. The summed E-state index contributed by atoms with van der Waals surface area (Å²) in [5.74, 6) is 0.688. The molecule has 0 spiro atoms. The van der Waals surface area contributed by atoms with Crippen molar-refractivity contribution in [2.75, 3.05) is 25.5 Å². The second-order valence-corrected chi connectivity index (χ2v) is 8.46. The Bertz CT molecular complexity index is 881. The lowest BCUT2D eigenvalue weighted by molar-refractivity contribution is -0.122. The Balaban J connectivity index is 1.46. The van der Waals surface area contributed by atoms with Crippen LogP contribution in [0.1, 0.15) is 30.4 Å². The van der Waals surface area contributed by atoms with Crippen LogP contribution < -0.4 is 15.4 Å². The maximum atomic E-state index is 12.7. The van der Waals surface area contributed by atoms with Gasteiger partial charge in [0, 0.05) is 30.0 Å². The van der Waals surface area contributed by atoms with E-state index in [1.807, 2.05) is 49.4 Å². The molecule has 1 aliphatic heterocycles. The lowest BCUT2D eigenvalue weighted by Crippen LogP contribution is -2.47. The number of piperidine rings is 1. The van der Waals surface area contributed by atoms with Crippen molar-refractivity contribution in [3.8, 4) is 5.75 Å². The number of carbonyl (C=O) groups is 2. The fraction of sp³-hybridized carbons (Fsp3) is 0.391. The number of nitrogens with zero attached hydrogens (tertiary/aromatic N) is 1. The van der Waals surface area contributed by atoms with Crippen molar-refractivity contribution >= 4 is 33.6 Å². The molecule has 1 saturated heterocycles. The molecule has 2 aromatic rings. The third-order valence-corrected chi connectivity index (χ3v) is 5.80. The van der Waals surface area contributed by atoms with Gasteiger partial charge in [-0.3, -0.25) is 4.79 Å². The summed E-state index contributed by atoms with van der Waals surface area (Å²) in [6, 6.07) is 13.8. The molecule has 0 bridgehead atoms. The summed E-state index contributed by atoms with van der Waals surface area (Å²) in [6.07, 6.45) is 2.72. The zero-order valence-electron chi connectivity index (χ0n) is 17.4. The normalized spacial score (nSPS) is 14.3. The first kappa shape index (κ1) is 22.2. The molecule has 0 aliphatic carbocycles. The van der Waals surface area contributed by atoms with E-state index in [2.05, 4.69) is 26.6 Å². The zero-order chi connectivity index (χ0) is 21.5. The van der Waals surface area contributed by atoms with Gasteiger partial charge in [-0.15, -0.1) is 0 Å². The first-order valence-corrected chi connectivity index (χ1v) is 11.0. The minimum absolute atomic E-state index is 0.0666. The molecule has 2 aromatic carbocycles. The summed E-state index contributed by atoms with van der Waals surface area (Å²) in [4.78, 5) is 26.8. The number of ether oxygens (including phenoxy) is 1. The number of nitrogens with one attached hydrogen (secondary N) is 2. The van der Waals surface area contributed by atoms with Crippen LogP contribution >= 0.6 is 15.9 Å². The molecule has 0 radical (unpaired) electrons. The summed E-state index contributed by atoms with van der Waals surface area (Å²) < 4.78 is 6.30. The summed E-state index contributed by atoms with van der Waals surface area (Å²) >= 11 is 3.44. The number of anilines is 1. The number of urea groups is 1. The predicted octanol–water partition coefficient (Wildman–Crippen LogP) is 4.51. The largest absolute Gasteiger partial charge is 0.495 e. The second kappa shape index (κ2) is 10.5. The Morgan fingerprint density at radius 2 is 1.87 bits per heavy atom. The number of hydrogen-bond acceptors (Lipinski definition) is 3. The van der Waals surface area contributed by atoms with E-state index in [9.17, 15) is 9.59 Å². The van der Waals surface area contributed by atoms with Crippen molar-refractivity contribution in [2.24, 2.45) is 0 Å². The van der Waals surface area contributed by atoms with Crippen molar-refractivity contribution in [3.05, 3.63) is 58.1 Å². The molecule has 3 amide bonds. The molecule has 0 saturated carbocycles. The molecule has 6 nitrogen and oxygen atoms in total. The highest BCUT2D eigenvalue weighted by Gasteiger charge is 2.25. The lowest BCUT2D eigenvalue weighted by Gasteiger charge is -2.32. The van der Waals surface area contributed by atoms with Crippen molar-refractivity contribution in [3.63, 3.8) is 0 Å². The second-order valence-electron chi connectivity index (χ2n) is 7.54. The number of halogens is 1. The van der Waals surface area contributed by atoms with E-state index in [-0.39, 0.29) is 18.0 Å². The average Bonchev–Trinajstić information content (AvgIpc) is 2.75. The number of benzene rings is 2. The van der Waals surface area contributed by atoms with Gasteiger partial charge in [0.25, 0.3) is 0 Å². The van der Waals surface area contributed by atoms with E-state index in [0.29, 0.717) is 30.9 Å². The van der Waals surface area contributed by atoms with Crippen LogP contribution in [-0.2, 0) is 11.2 Å². The maximum absolute atomic E-state index is 12.7. The maximum Gasteiger partial charge on any atom is 0.321 e. The van der Waals surface area contributed by atoms with Gasteiger partial charge in [0.1, 0.15) is 5.75 Å². The molecule has 30 heavy (non-hydrogen) atoms. The van der Waals surface area contributed by atoms with E-state index < -0.39 is 0 Å². The van der Waals surface area contributed by atoms with E-state index in [0.717, 1.165) is 34.9 Å². The standard InChI is InChI=1S/C23H28BrN3O3/c1-16-14-18(24)15-20(30-2)22(16)26-23(29)27-12-10-19(11-13-27)25-21(28)9-8-17-6-4-3-5-7-17/h3-7,14-15,19H,8-13H2,1-2H3,(H,25,28)(H,26,29). The van der Waals surface area contributed by atoms with Gasteiger partial charge >= 0.3 is 6.03 Å².